The summed E-state index contributed by atoms with van der Waals surface area (Å²) >= 11 is 6.22. The molecule has 0 aromatic heterocycles. The third-order valence-corrected chi connectivity index (χ3v) is 10.4. The van der Waals surface area contributed by atoms with E-state index in [0.29, 0.717) is 25.0 Å². The highest BCUT2D eigenvalue weighted by Crippen LogP contribution is 2.51. The number of amides is 1. The molecule has 0 radical (unpaired) electrons. The number of benzene rings is 2. The van der Waals surface area contributed by atoms with Crippen LogP contribution in [0, 0.1) is 29.3 Å². The summed E-state index contributed by atoms with van der Waals surface area (Å²) in [6, 6.07) is 4.69. The van der Waals surface area contributed by atoms with Gasteiger partial charge in [0.1, 0.15) is 0 Å². The SMILES string of the molecule is CS(=O)(=O)NC[C@]1(O)CC2CCC(C1)[C@H]2S(=O)(=O)c1cc(C(=O)Nc2cc(F)c(F)c(F)c2)ccc1Cl. The number of hydrogen-bond donors (Lipinski definition) is 3. The predicted octanol–water partition coefficient (Wildman–Crippen LogP) is 3.25. The van der Waals surface area contributed by atoms with Gasteiger partial charge in [0.05, 0.1) is 27.0 Å². The number of sulfonamides is 1. The molecule has 37 heavy (non-hydrogen) atoms. The number of anilines is 1. The molecule has 202 valence electrons. The molecule has 2 bridgehead atoms. The Bertz CT molecular complexity index is 1430. The Hall–Kier alpha value is -2.19. The van der Waals surface area contributed by atoms with Gasteiger partial charge in [-0.25, -0.2) is 34.7 Å². The Morgan fingerprint density at radius 1 is 1.05 bits per heavy atom. The van der Waals surface area contributed by atoms with Gasteiger partial charge in [-0.3, -0.25) is 4.79 Å². The van der Waals surface area contributed by atoms with Crippen LogP contribution in [0.25, 0.3) is 0 Å². The average molecular weight is 581 g/mol. The second-order valence-electron chi connectivity index (χ2n) is 9.69. The maximum atomic E-state index is 13.7. The molecular formula is C23H24ClF3N2O6S2. The zero-order valence-electron chi connectivity index (χ0n) is 19.5. The number of fused-ring (bicyclic) bond motifs is 2. The van der Waals surface area contributed by atoms with Gasteiger partial charge >= 0.3 is 0 Å². The molecule has 2 atom stereocenters. The van der Waals surface area contributed by atoms with Crippen molar-refractivity contribution in [1.82, 2.24) is 4.72 Å². The van der Waals surface area contributed by atoms with Crippen LogP contribution in [0.3, 0.4) is 0 Å². The Morgan fingerprint density at radius 2 is 1.62 bits per heavy atom. The van der Waals surface area contributed by atoms with Gasteiger partial charge in [-0.05, 0) is 55.7 Å². The van der Waals surface area contributed by atoms with Crippen molar-refractivity contribution >= 4 is 43.1 Å². The summed E-state index contributed by atoms with van der Waals surface area (Å²) in [5.41, 5.74) is -1.93. The summed E-state index contributed by atoms with van der Waals surface area (Å²) in [6.07, 6.45) is 2.12. The normalized spacial score (nSPS) is 25.7. The van der Waals surface area contributed by atoms with Crippen molar-refractivity contribution in [2.24, 2.45) is 11.8 Å². The van der Waals surface area contributed by atoms with Crippen LogP contribution in [-0.2, 0) is 19.9 Å². The van der Waals surface area contributed by atoms with Crippen LogP contribution in [-0.4, -0.2) is 51.5 Å². The van der Waals surface area contributed by atoms with Crippen molar-refractivity contribution in [1.29, 1.82) is 0 Å². The second-order valence-corrected chi connectivity index (χ2v) is 14.0. The standard InChI is InChI=1S/C23H24ClF3N2O6S2/c1-36(32,33)28-11-23(31)9-13-2-3-14(10-23)21(13)37(34,35)19-6-12(4-5-16(19)24)22(30)29-15-7-17(25)20(27)18(26)8-15/h4-8,13-14,21,28,31H,2-3,9-11H2,1H3,(H,29,30)/t13?,14?,21-,23-. The first-order chi connectivity index (χ1) is 17.1. The van der Waals surface area contributed by atoms with Crippen LogP contribution in [0.2, 0.25) is 5.02 Å². The fourth-order valence-electron chi connectivity index (χ4n) is 5.39. The Kier molecular flexibility index (Phi) is 7.40. The van der Waals surface area contributed by atoms with E-state index < -0.39 is 65.9 Å². The zero-order chi connectivity index (χ0) is 27.3. The summed E-state index contributed by atoms with van der Waals surface area (Å²) in [5.74, 6) is -6.53. The van der Waals surface area contributed by atoms with Gasteiger partial charge in [0.25, 0.3) is 5.91 Å². The molecule has 0 aliphatic heterocycles. The Labute approximate surface area is 217 Å². The number of hydrogen-bond acceptors (Lipinski definition) is 6. The van der Waals surface area contributed by atoms with Crippen LogP contribution in [0.5, 0.6) is 0 Å². The van der Waals surface area contributed by atoms with E-state index in [1.165, 1.54) is 12.1 Å². The van der Waals surface area contributed by atoms with Crippen LogP contribution in [0.15, 0.2) is 35.2 Å². The predicted molar refractivity (Wildman–Crippen MR) is 130 cm³/mol. The smallest absolute Gasteiger partial charge is 0.255 e. The maximum Gasteiger partial charge on any atom is 0.255 e. The molecule has 2 aromatic carbocycles. The van der Waals surface area contributed by atoms with E-state index in [1.54, 1.807) is 0 Å². The minimum Gasteiger partial charge on any atom is -0.389 e. The molecule has 14 heteroatoms. The van der Waals surface area contributed by atoms with Crippen molar-refractivity contribution in [3.8, 4) is 0 Å². The number of carbonyl (C=O) groups excluding carboxylic acids is 1. The summed E-state index contributed by atoms with van der Waals surface area (Å²) in [6.45, 7) is -0.230. The lowest BCUT2D eigenvalue weighted by atomic mass is 9.77. The highest BCUT2D eigenvalue weighted by atomic mass is 35.5. The fourth-order valence-corrected chi connectivity index (χ4v) is 8.77. The third-order valence-electron chi connectivity index (χ3n) is 6.89. The van der Waals surface area contributed by atoms with Crippen LogP contribution >= 0.6 is 11.6 Å². The number of carbonyl (C=O) groups is 1. The molecule has 0 heterocycles. The van der Waals surface area contributed by atoms with E-state index in [-0.39, 0.29) is 40.6 Å². The molecule has 2 aliphatic rings. The quantitative estimate of drug-likeness (QED) is 0.431. The van der Waals surface area contributed by atoms with Crippen LogP contribution in [0.4, 0.5) is 18.9 Å². The summed E-state index contributed by atoms with van der Waals surface area (Å²) in [4.78, 5) is 12.4. The molecular weight excluding hydrogens is 557 g/mol. The lowest BCUT2D eigenvalue weighted by molar-refractivity contribution is -0.0136. The largest absolute Gasteiger partial charge is 0.389 e. The fraction of sp³-hybridized carbons (Fsp3) is 0.435. The Balaban J connectivity index is 1.58. The first-order valence-electron chi connectivity index (χ1n) is 11.3. The van der Waals surface area contributed by atoms with Crippen LogP contribution in [0.1, 0.15) is 36.0 Å². The van der Waals surface area contributed by atoms with Gasteiger partial charge in [-0.1, -0.05) is 11.6 Å². The maximum absolute atomic E-state index is 13.7. The average Bonchev–Trinajstić information content (AvgIpc) is 3.09. The van der Waals surface area contributed by atoms with Crippen molar-refractivity contribution < 1.29 is 39.9 Å². The highest BCUT2D eigenvalue weighted by Gasteiger charge is 2.54. The van der Waals surface area contributed by atoms with Gasteiger partial charge in [-0.2, -0.15) is 0 Å². The molecule has 2 fully saturated rings. The zero-order valence-corrected chi connectivity index (χ0v) is 21.9. The number of sulfone groups is 1. The summed E-state index contributed by atoms with van der Waals surface area (Å²) in [7, 11) is -7.65. The molecule has 2 unspecified atom stereocenters. The summed E-state index contributed by atoms with van der Waals surface area (Å²) in [5, 5.41) is 12.1. The number of halogens is 4. The van der Waals surface area contributed by atoms with Crippen LogP contribution < -0.4 is 10.0 Å². The van der Waals surface area contributed by atoms with E-state index in [1.807, 2.05) is 0 Å². The number of aliphatic hydroxyl groups is 1. The molecule has 1 amide bonds. The van der Waals surface area contributed by atoms with Gasteiger partial charge in [0.2, 0.25) is 10.0 Å². The van der Waals surface area contributed by atoms with Gasteiger partial charge in [0, 0.05) is 29.9 Å². The first kappa shape index (κ1) is 27.8. The van der Waals surface area contributed by atoms with Gasteiger partial charge < -0.3 is 10.4 Å². The molecule has 8 nitrogen and oxygen atoms in total. The Morgan fingerprint density at radius 3 is 2.16 bits per heavy atom. The van der Waals surface area contributed by atoms with Gasteiger partial charge in [-0.15, -0.1) is 0 Å². The minimum absolute atomic E-state index is 0.0649. The first-order valence-corrected chi connectivity index (χ1v) is 15.1. The topological polar surface area (TPSA) is 130 Å². The molecule has 2 aromatic rings. The molecule has 2 aliphatic carbocycles. The summed E-state index contributed by atoms with van der Waals surface area (Å²) < 4.78 is 92.8. The van der Waals surface area contributed by atoms with Gasteiger partial charge in [0.15, 0.2) is 27.3 Å². The van der Waals surface area contributed by atoms with Crippen molar-refractivity contribution in [2.75, 3.05) is 18.1 Å². The number of nitrogens with one attached hydrogen (secondary N) is 2. The number of rotatable bonds is 7. The highest BCUT2D eigenvalue weighted by molar-refractivity contribution is 7.92. The molecule has 3 N–H and O–H groups in total. The third kappa shape index (κ3) is 5.80. The van der Waals surface area contributed by atoms with E-state index in [0.717, 1.165) is 12.3 Å². The van der Waals surface area contributed by atoms with E-state index >= 15 is 0 Å². The molecule has 2 saturated carbocycles. The van der Waals surface area contributed by atoms with E-state index in [4.69, 9.17) is 11.6 Å². The molecule has 4 rings (SSSR count). The lowest BCUT2D eigenvalue weighted by Gasteiger charge is -2.40. The minimum atomic E-state index is -4.10. The molecule has 0 spiro atoms. The van der Waals surface area contributed by atoms with Crippen molar-refractivity contribution in [2.45, 2.75) is 41.4 Å². The van der Waals surface area contributed by atoms with Crippen molar-refractivity contribution in [3.63, 3.8) is 0 Å². The van der Waals surface area contributed by atoms with E-state index in [9.17, 15) is 39.9 Å². The lowest BCUT2D eigenvalue weighted by Crippen LogP contribution is -2.51. The monoisotopic (exact) mass is 580 g/mol. The molecule has 0 saturated heterocycles. The van der Waals surface area contributed by atoms with E-state index in [2.05, 4.69) is 10.0 Å². The van der Waals surface area contributed by atoms with Crippen molar-refractivity contribution in [3.05, 3.63) is 58.4 Å². The second kappa shape index (κ2) is 9.84.